The van der Waals surface area contributed by atoms with Crippen molar-refractivity contribution in [2.75, 3.05) is 19.6 Å². The van der Waals surface area contributed by atoms with E-state index in [2.05, 4.69) is 25.6 Å². The van der Waals surface area contributed by atoms with E-state index >= 15 is 0 Å². The van der Waals surface area contributed by atoms with Crippen LogP contribution in [-0.2, 0) is 0 Å². The Kier molecular flexibility index (Phi) is 3.65. The molecule has 2 aromatic heterocycles. The SMILES string of the molecule is O=C(NCC1CCNCC1)c1nc2cncnc2s1. The number of carbonyl (C=O) groups is 1. The molecule has 0 saturated carbocycles. The smallest absolute Gasteiger partial charge is 0.280 e. The third kappa shape index (κ3) is 2.87. The van der Waals surface area contributed by atoms with Gasteiger partial charge >= 0.3 is 0 Å². The van der Waals surface area contributed by atoms with Crippen molar-refractivity contribution in [1.29, 1.82) is 0 Å². The quantitative estimate of drug-likeness (QED) is 0.868. The van der Waals surface area contributed by atoms with Crippen molar-refractivity contribution in [3.63, 3.8) is 0 Å². The van der Waals surface area contributed by atoms with Crippen molar-refractivity contribution < 1.29 is 4.79 Å². The summed E-state index contributed by atoms with van der Waals surface area (Å²) in [6.07, 6.45) is 5.33. The number of nitrogens with zero attached hydrogens (tertiary/aromatic N) is 3. The molecule has 0 atom stereocenters. The van der Waals surface area contributed by atoms with Crippen LogP contribution in [-0.4, -0.2) is 40.5 Å². The van der Waals surface area contributed by atoms with Crippen LogP contribution in [0.5, 0.6) is 0 Å². The van der Waals surface area contributed by atoms with Gasteiger partial charge in [0.05, 0.1) is 6.20 Å². The number of rotatable bonds is 3. The van der Waals surface area contributed by atoms with Crippen LogP contribution in [0.2, 0.25) is 0 Å². The van der Waals surface area contributed by atoms with Gasteiger partial charge in [0, 0.05) is 6.54 Å². The Balaban J connectivity index is 1.63. The van der Waals surface area contributed by atoms with Crippen molar-refractivity contribution in [2.45, 2.75) is 12.8 Å². The highest BCUT2D eigenvalue weighted by molar-refractivity contribution is 7.19. The van der Waals surface area contributed by atoms with Crippen molar-refractivity contribution in [3.8, 4) is 0 Å². The molecular weight excluding hydrogens is 262 g/mol. The van der Waals surface area contributed by atoms with Crippen LogP contribution in [0.4, 0.5) is 0 Å². The van der Waals surface area contributed by atoms with Crippen LogP contribution < -0.4 is 10.6 Å². The highest BCUT2D eigenvalue weighted by Gasteiger charge is 2.16. The third-order valence-corrected chi connectivity index (χ3v) is 4.26. The standard InChI is InChI=1S/C12H15N5OS/c18-10(15-5-8-1-3-13-4-2-8)12-17-9-6-14-7-16-11(9)19-12/h6-8,13H,1-5H2,(H,15,18). The van der Waals surface area contributed by atoms with Crippen LogP contribution >= 0.6 is 11.3 Å². The summed E-state index contributed by atoms with van der Waals surface area (Å²) < 4.78 is 0. The number of carbonyl (C=O) groups excluding carboxylic acids is 1. The summed E-state index contributed by atoms with van der Waals surface area (Å²) in [7, 11) is 0. The molecule has 0 aliphatic carbocycles. The Labute approximate surface area is 114 Å². The van der Waals surface area contributed by atoms with Gasteiger partial charge in [0.1, 0.15) is 16.7 Å². The maximum Gasteiger partial charge on any atom is 0.280 e. The molecule has 6 nitrogen and oxygen atoms in total. The Morgan fingerprint density at radius 2 is 2.32 bits per heavy atom. The molecule has 1 saturated heterocycles. The molecule has 0 aromatic carbocycles. The molecule has 1 amide bonds. The van der Waals surface area contributed by atoms with Crippen LogP contribution in [0.3, 0.4) is 0 Å². The second-order valence-electron chi connectivity index (χ2n) is 4.64. The summed E-state index contributed by atoms with van der Waals surface area (Å²) in [5.41, 5.74) is 0.680. The summed E-state index contributed by atoms with van der Waals surface area (Å²) in [5, 5.41) is 6.74. The first kappa shape index (κ1) is 12.4. The number of amides is 1. The van der Waals surface area contributed by atoms with Crippen LogP contribution in [0.1, 0.15) is 22.6 Å². The molecule has 3 heterocycles. The van der Waals surface area contributed by atoms with Gasteiger partial charge in [-0.2, -0.15) is 0 Å². The van der Waals surface area contributed by atoms with E-state index in [9.17, 15) is 4.79 Å². The minimum Gasteiger partial charge on any atom is -0.350 e. The molecule has 1 fully saturated rings. The average molecular weight is 277 g/mol. The first-order valence-electron chi connectivity index (χ1n) is 6.38. The van der Waals surface area contributed by atoms with E-state index in [1.807, 2.05) is 0 Å². The third-order valence-electron chi connectivity index (χ3n) is 3.28. The zero-order valence-electron chi connectivity index (χ0n) is 10.4. The molecule has 7 heteroatoms. The molecular formula is C12H15N5OS. The number of nitrogens with one attached hydrogen (secondary N) is 2. The highest BCUT2D eigenvalue weighted by atomic mass is 32.1. The summed E-state index contributed by atoms with van der Waals surface area (Å²) >= 11 is 1.31. The lowest BCUT2D eigenvalue weighted by Gasteiger charge is -2.22. The molecule has 0 radical (unpaired) electrons. The Hall–Kier alpha value is -1.60. The normalized spacial score (nSPS) is 16.6. The Bertz CT molecular complexity index is 545. The van der Waals surface area contributed by atoms with Gasteiger partial charge in [-0.15, -0.1) is 0 Å². The molecule has 0 unspecified atom stereocenters. The number of fused-ring (bicyclic) bond motifs is 1. The minimum absolute atomic E-state index is 0.110. The lowest BCUT2D eigenvalue weighted by atomic mass is 9.98. The zero-order valence-corrected chi connectivity index (χ0v) is 11.2. The molecule has 3 rings (SSSR count). The number of hydrogen-bond donors (Lipinski definition) is 2. The predicted octanol–water partition coefficient (Wildman–Crippen LogP) is 0.816. The van der Waals surface area contributed by atoms with Crippen molar-refractivity contribution >= 4 is 27.6 Å². The second-order valence-corrected chi connectivity index (χ2v) is 5.61. The monoisotopic (exact) mass is 277 g/mol. The van der Waals surface area contributed by atoms with Crippen LogP contribution in [0, 0.1) is 5.92 Å². The molecule has 0 bridgehead atoms. The van der Waals surface area contributed by atoms with E-state index < -0.39 is 0 Å². The van der Waals surface area contributed by atoms with Gasteiger partial charge in [0.25, 0.3) is 5.91 Å². The fourth-order valence-corrected chi connectivity index (χ4v) is 2.98. The molecule has 100 valence electrons. The minimum atomic E-state index is -0.110. The van der Waals surface area contributed by atoms with E-state index in [1.165, 1.54) is 17.7 Å². The maximum absolute atomic E-state index is 12.0. The van der Waals surface area contributed by atoms with E-state index in [4.69, 9.17) is 0 Å². The molecule has 2 aromatic rings. The summed E-state index contributed by atoms with van der Waals surface area (Å²) in [6, 6.07) is 0. The van der Waals surface area contributed by atoms with E-state index in [0.29, 0.717) is 16.4 Å². The van der Waals surface area contributed by atoms with Gasteiger partial charge in [-0.05, 0) is 31.8 Å². The first-order chi connectivity index (χ1) is 9.33. The predicted molar refractivity (Wildman–Crippen MR) is 73.1 cm³/mol. The van der Waals surface area contributed by atoms with Gasteiger partial charge in [-0.1, -0.05) is 11.3 Å². The summed E-state index contributed by atoms with van der Waals surface area (Å²) in [5.74, 6) is 0.459. The summed E-state index contributed by atoms with van der Waals surface area (Å²) in [6.45, 7) is 2.80. The van der Waals surface area contributed by atoms with Gasteiger partial charge in [0.2, 0.25) is 0 Å². The molecule has 1 aliphatic heterocycles. The number of hydrogen-bond acceptors (Lipinski definition) is 6. The van der Waals surface area contributed by atoms with Crippen molar-refractivity contribution in [2.24, 2.45) is 5.92 Å². The van der Waals surface area contributed by atoms with E-state index in [0.717, 1.165) is 37.3 Å². The lowest BCUT2D eigenvalue weighted by Crippen LogP contribution is -2.35. The first-order valence-corrected chi connectivity index (χ1v) is 7.20. The highest BCUT2D eigenvalue weighted by Crippen LogP contribution is 2.18. The van der Waals surface area contributed by atoms with Crippen LogP contribution in [0.15, 0.2) is 12.5 Å². The average Bonchev–Trinajstić information content (AvgIpc) is 2.90. The lowest BCUT2D eigenvalue weighted by molar-refractivity contribution is 0.0944. The van der Waals surface area contributed by atoms with Crippen molar-refractivity contribution in [1.82, 2.24) is 25.6 Å². The van der Waals surface area contributed by atoms with Gasteiger partial charge < -0.3 is 10.6 Å². The van der Waals surface area contributed by atoms with E-state index in [-0.39, 0.29) is 5.91 Å². The Morgan fingerprint density at radius 1 is 1.47 bits per heavy atom. The largest absolute Gasteiger partial charge is 0.350 e. The fraction of sp³-hybridized carbons (Fsp3) is 0.500. The fourth-order valence-electron chi connectivity index (χ4n) is 2.19. The summed E-state index contributed by atoms with van der Waals surface area (Å²) in [4.78, 5) is 25.0. The van der Waals surface area contributed by atoms with E-state index in [1.54, 1.807) is 6.20 Å². The number of thiazole rings is 1. The molecule has 19 heavy (non-hydrogen) atoms. The maximum atomic E-state index is 12.0. The number of aromatic nitrogens is 3. The van der Waals surface area contributed by atoms with Crippen molar-refractivity contribution in [3.05, 3.63) is 17.5 Å². The van der Waals surface area contributed by atoms with Gasteiger partial charge in [-0.3, -0.25) is 4.79 Å². The molecule has 2 N–H and O–H groups in total. The van der Waals surface area contributed by atoms with Gasteiger partial charge in [-0.25, -0.2) is 15.0 Å². The Morgan fingerprint density at radius 3 is 3.11 bits per heavy atom. The molecule has 1 aliphatic rings. The number of piperidine rings is 1. The van der Waals surface area contributed by atoms with Crippen LogP contribution in [0.25, 0.3) is 10.3 Å². The second kappa shape index (κ2) is 5.58. The van der Waals surface area contributed by atoms with Gasteiger partial charge in [0.15, 0.2) is 5.01 Å². The zero-order chi connectivity index (χ0) is 13.1. The molecule has 0 spiro atoms. The topological polar surface area (TPSA) is 79.8 Å².